The van der Waals surface area contributed by atoms with Crippen molar-refractivity contribution in [1.82, 2.24) is 5.32 Å². The number of thioether (sulfide) groups is 1. The molecule has 1 aromatic carbocycles. The Bertz CT molecular complexity index is 511. The Morgan fingerprint density at radius 2 is 2.17 bits per heavy atom. The average molecular weight is 284 g/mol. The molecule has 0 saturated heterocycles. The van der Waals surface area contributed by atoms with Gasteiger partial charge in [-0.25, -0.2) is 0 Å². The van der Waals surface area contributed by atoms with Crippen LogP contribution >= 0.6 is 23.4 Å². The highest BCUT2D eigenvalue weighted by Gasteiger charge is 2.11. The Morgan fingerprint density at radius 3 is 2.94 bits per heavy atom. The van der Waals surface area contributed by atoms with Crippen molar-refractivity contribution >= 4 is 34.3 Å². The van der Waals surface area contributed by atoms with E-state index in [1.54, 1.807) is 0 Å². The van der Waals surface area contributed by atoms with E-state index in [9.17, 15) is 0 Å². The van der Waals surface area contributed by atoms with E-state index in [-0.39, 0.29) is 0 Å². The van der Waals surface area contributed by atoms with Gasteiger partial charge in [-0.05, 0) is 42.1 Å². The number of hydrogen-bond acceptors (Lipinski definition) is 3. The van der Waals surface area contributed by atoms with Crippen LogP contribution in [0.4, 0.5) is 0 Å². The largest absolute Gasteiger partial charge is 0.444 e. The first kappa shape index (κ1) is 13.8. The van der Waals surface area contributed by atoms with Crippen LogP contribution < -0.4 is 5.32 Å². The Balaban J connectivity index is 2.01. The molecule has 4 heteroatoms. The van der Waals surface area contributed by atoms with Gasteiger partial charge in [-0.15, -0.1) is 0 Å². The van der Waals surface area contributed by atoms with Crippen LogP contribution in [0.25, 0.3) is 11.0 Å². The number of rotatable bonds is 6. The van der Waals surface area contributed by atoms with Gasteiger partial charge in [0.25, 0.3) is 0 Å². The van der Waals surface area contributed by atoms with E-state index in [0.29, 0.717) is 11.1 Å². The topological polar surface area (TPSA) is 25.2 Å². The molecule has 0 saturated carbocycles. The molecular weight excluding hydrogens is 266 g/mol. The fraction of sp³-hybridized carbons (Fsp3) is 0.429. The van der Waals surface area contributed by atoms with Gasteiger partial charge in [0.05, 0.1) is 0 Å². The first-order valence-electron chi connectivity index (χ1n) is 6.08. The maximum Gasteiger partial charge on any atom is 0.199 e. The molecule has 1 atom stereocenters. The molecule has 0 fully saturated rings. The van der Waals surface area contributed by atoms with Gasteiger partial charge in [-0.2, -0.15) is 11.8 Å². The molecule has 2 aromatic rings. The van der Waals surface area contributed by atoms with Gasteiger partial charge in [0.1, 0.15) is 5.58 Å². The minimum Gasteiger partial charge on any atom is -0.444 e. The van der Waals surface area contributed by atoms with E-state index >= 15 is 0 Å². The molecule has 2 nitrogen and oxygen atoms in total. The molecule has 1 aromatic heterocycles. The molecule has 98 valence electrons. The van der Waals surface area contributed by atoms with Gasteiger partial charge >= 0.3 is 0 Å². The smallest absolute Gasteiger partial charge is 0.199 e. The van der Waals surface area contributed by atoms with Crippen LogP contribution in [0.1, 0.15) is 12.5 Å². The summed E-state index contributed by atoms with van der Waals surface area (Å²) in [5.74, 6) is 1.84. The minimum atomic E-state index is 0.501. The maximum atomic E-state index is 6.13. The molecule has 0 spiro atoms. The normalized spacial score (nSPS) is 13.1. The minimum absolute atomic E-state index is 0.501. The summed E-state index contributed by atoms with van der Waals surface area (Å²) in [6, 6.07) is 7.96. The highest BCUT2D eigenvalue weighted by atomic mass is 35.5. The van der Waals surface area contributed by atoms with Crippen LogP contribution in [0.5, 0.6) is 0 Å². The number of furan rings is 1. The van der Waals surface area contributed by atoms with Gasteiger partial charge in [0.2, 0.25) is 0 Å². The molecule has 0 amide bonds. The van der Waals surface area contributed by atoms with E-state index in [4.69, 9.17) is 16.0 Å². The van der Waals surface area contributed by atoms with Crippen molar-refractivity contribution in [3.8, 4) is 0 Å². The number of hydrogen-bond donors (Lipinski definition) is 1. The van der Waals surface area contributed by atoms with E-state index in [0.717, 1.165) is 29.6 Å². The molecule has 0 aliphatic carbocycles. The van der Waals surface area contributed by atoms with Crippen molar-refractivity contribution in [3.05, 3.63) is 35.0 Å². The Labute approximate surface area is 117 Å². The molecular formula is C14H18ClNOS. The van der Waals surface area contributed by atoms with Crippen LogP contribution in [0, 0.1) is 5.92 Å². The number of para-hydroxylation sites is 1. The summed E-state index contributed by atoms with van der Waals surface area (Å²) in [7, 11) is 0. The quantitative estimate of drug-likeness (QED) is 0.861. The van der Waals surface area contributed by atoms with Gasteiger partial charge in [0, 0.05) is 17.5 Å². The molecule has 1 N–H and O–H groups in total. The van der Waals surface area contributed by atoms with E-state index in [1.807, 2.05) is 36.0 Å². The van der Waals surface area contributed by atoms with Crippen molar-refractivity contribution < 1.29 is 4.42 Å². The Morgan fingerprint density at radius 1 is 1.39 bits per heavy atom. The monoisotopic (exact) mass is 283 g/mol. The molecule has 0 aliphatic rings. The van der Waals surface area contributed by atoms with E-state index in [1.165, 1.54) is 5.75 Å². The van der Waals surface area contributed by atoms with Gasteiger partial charge in [-0.1, -0.05) is 25.1 Å². The lowest BCUT2D eigenvalue weighted by molar-refractivity contribution is 0.553. The van der Waals surface area contributed by atoms with Crippen molar-refractivity contribution in [3.63, 3.8) is 0 Å². The van der Waals surface area contributed by atoms with E-state index in [2.05, 4.69) is 18.5 Å². The maximum absolute atomic E-state index is 6.13. The summed E-state index contributed by atoms with van der Waals surface area (Å²) >= 11 is 8.01. The van der Waals surface area contributed by atoms with Crippen LogP contribution in [-0.2, 0) is 6.54 Å². The van der Waals surface area contributed by atoms with Crippen LogP contribution in [-0.4, -0.2) is 18.6 Å². The third-order valence-electron chi connectivity index (χ3n) is 2.89. The van der Waals surface area contributed by atoms with Crippen molar-refractivity contribution in [2.75, 3.05) is 18.6 Å². The zero-order valence-corrected chi connectivity index (χ0v) is 12.3. The molecule has 0 radical (unpaired) electrons. The molecule has 18 heavy (non-hydrogen) atoms. The summed E-state index contributed by atoms with van der Waals surface area (Å²) in [6.07, 6.45) is 2.14. The van der Waals surface area contributed by atoms with E-state index < -0.39 is 0 Å². The highest BCUT2D eigenvalue weighted by Crippen LogP contribution is 2.29. The SMILES string of the molecule is CSCC(C)CNCc1c(Cl)oc2ccccc12. The van der Waals surface area contributed by atoms with Crippen molar-refractivity contribution in [2.45, 2.75) is 13.5 Å². The molecule has 2 rings (SSSR count). The Hall–Kier alpha value is -0.640. The zero-order valence-electron chi connectivity index (χ0n) is 10.7. The summed E-state index contributed by atoms with van der Waals surface area (Å²) in [4.78, 5) is 0. The van der Waals surface area contributed by atoms with Crippen molar-refractivity contribution in [1.29, 1.82) is 0 Å². The molecule has 0 aliphatic heterocycles. The third kappa shape index (κ3) is 3.22. The number of nitrogens with one attached hydrogen (secondary N) is 1. The van der Waals surface area contributed by atoms with Crippen LogP contribution in [0.2, 0.25) is 5.22 Å². The lowest BCUT2D eigenvalue weighted by atomic mass is 10.1. The first-order valence-corrected chi connectivity index (χ1v) is 7.85. The zero-order chi connectivity index (χ0) is 13.0. The fourth-order valence-corrected chi connectivity index (χ4v) is 2.96. The molecule has 1 unspecified atom stereocenters. The second kappa shape index (κ2) is 6.50. The lowest BCUT2D eigenvalue weighted by Gasteiger charge is -2.10. The third-order valence-corrected chi connectivity index (χ3v) is 4.10. The first-order chi connectivity index (χ1) is 8.72. The van der Waals surface area contributed by atoms with Crippen LogP contribution in [0.3, 0.4) is 0 Å². The summed E-state index contributed by atoms with van der Waals surface area (Å²) in [5.41, 5.74) is 1.92. The standard InChI is InChI=1S/C14H18ClNOS/c1-10(9-18-2)7-16-8-12-11-5-3-4-6-13(11)17-14(12)15/h3-6,10,16H,7-9H2,1-2H3. The van der Waals surface area contributed by atoms with Crippen molar-refractivity contribution in [2.24, 2.45) is 5.92 Å². The predicted octanol–water partition coefficient (Wildman–Crippen LogP) is 4.17. The van der Waals surface area contributed by atoms with Gasteiger partial charge in [-0.3, -0.25) is 0 Å². The molecule has 0 bridgehead atoms. The van der Waals surface area contributed by atoms with Gasteiger partial charge in [0.15, 0.2) is 5.22 Å². The fourth-order valence-electron chi connectivity index (χ4n) is 2.02. The average Bonchev–Trinajstić information content (AvgIpc) is 2.66. The predicted molar refractivity (Wildman–Crippen MR) is 80.5 cm³/mol. The Kier molecular flexibility index (Phi) is 4.98. The highest BCUT2D eigenvalue weighted by molar-refractivity contribution is 7.98. The molecule has 1 heterocycles. The summed E-state index contributed by atoms with van der Waals surface area (Å²) in [6.45, 7) is 4.00. The lowest BCUT2D eigenvalue weighted by Crippen LogP contribution is -2.22. The second-order valence-corrected chi connectivity index (χ2v) is 5.80. The number of halogens is 1. The van der Waals surface area contributed by atoms with Crippen LogP contribution in [0.15, 0.2) is 28.7 Å². The summed E-state index contributed by atoms with van der Waals surface area (Å²) < 4.78 is 5.53. The number of fused-ring (bicyclic) bond motifs is 1. The number of benzene rings is 1. The van der Waals surface area contributed by atoms with Gasteiger partial charge < -0.3 is 9.73 Å². The summed E-state index contributed by atoms with van der Waals surface area (Å²) in [5, 5.41) is 5.05. The second-order valence-electron chi connectivity index (χ2n) is 4.54.